The summed E-state index contributed by atoms with van der Waals surface area (Å²) in [5.74, 6) is 0.809. The number of ether oxygens (including phenoxy) is 1. The summed E-state index contributed by atoms with van der Waals surface area (Å²) in [7, 11) is 0. The third kappa shape index (κ3) is 3.10. The van der Waals surface area contributed by atoms with Crippen LogP contribution in [0.3, 0.4) is 0 Å². The van der Waals surface area contributed by atoms with Crippen LogP contribution in [0.2, 0.25) is 0 Å². The standard InChI is InChI=1S/C18H20N4O/c1-13-7-6-10-17(14(13)2)22-18(16(11-19)20-21-22)12-23-15-8-4-3-5-9-15/h3-10H,11-12,19H2,1-2H3. The molecular formula is C18H20N4O. The SMILES string of the molecule is Cc1cccc(-n2nnc(CN)c2COc2ccccc2)c1C. The molecular weight excluding hydrogens is 288 g/mol. The van der Waals surface area contributed by atoms with E-state index in [4.69, 9.17) is 10.5 Å². The molecule has 0 bridgehead atoms. The summed E-state index contributed by atoms with van der Waals surface area (Å²) in [5, 5.41) is 8.48. The number of hydrogen-bond donors (Lipinski definition) is 1. The molecule has 1 heterocycles. The van der Waals surface area contributed by atoms with Crippen molar-refractivity contribution in [3.8, 4) is 11.4 Å². The summed E-state index contributed by atoms with van der Waals surface area (Å²) < 4.78 is 7.70. The maximum Gasteiger partial charge on any atom is 0.132 e. The van der Waals surface area contributed by atoms with Crippen molar-refractivity contribution in [2.24, 2.45) is 5.73 Å². The summed E-state index contributed by atoms with van der Waals surface area (Å²) >= 11 is 0. The second kappa shape index (κ2) is 6.62. The molecule has 0 saturated heterocycles. The molecule has 3 aromatic rings. The first-order valence-electron chi connectivity index (χ1n) is 7.58. The lowest BCUT2D eigenvalue weighted by Gasteiger charge is -2.12. The van der Waals surface area contributed by atoms with Gasteiger partial charge >= 0.3 is 0 Å². The van der Waals surface area contributed by atoms with Crippen molar-refractivity contribution in [2.45, 2.75) is 27.0 Å². The average molecular weight is 308 g/mol. The fourth-order valence-corrected chi connectivity index (χ4v) is 2.46. The first-order valence-corrected chi connectivity index (χ1v) is 7.58. The summed E-state index contributed by atoms with van der Waals surface area (Å²) in [6, 6.07) is 15.8. The Morgan fingerprint density at radius 3 is 2.57 bits per heavy atom. The van der Waals surface area contributed by atoms with Crippen LogP contribution in [-0.4, -0.2) is 15.0 Å². The number of para-hydroxylation sites is 1. The Balaban J connectivity index is 1.96. The van der Waals surface area contributed by atoms with Crippen LogP contribution in [-0.2, 0) is 13.2 Å². The fourth-order valence-electron chi connectivity index (χ4n) is 2.46. The van der Waals surface area contributed by atoms with Gasteiger partial charge in [-0.15, -0.1) is 5.10 Å². The number of benzene rings is 2. The van der Waals surface area contributed by atoms with Crippen LogP contribution in [0, 0.1) is 13.8 Å². The molecule has 0 aliphatic heterocycles. The lowest BCUT2D eigenvalue weighted by Crippen LogP contribution is -2.10. The Morgan fingerprint density at radius 2 is 1.83 bits per heavy atom. The molecule has 0 saturated carbocycles. The van der Waals surface area contributed by atoms with Gasteiger partial charge < -0.3 is 10.5 Å². The first kappa shape index (κ1) is 15.2. The van der Waals surface area contributed by atoms with Crippen molar-refractivity contribution >= 4 is 0 Å². The Kier molecular flexibility index (Phi) is 4.39. The van der Waals surface area contributed by atoms with Crippen LogP contribution in [0.1, 0.15) is 22.5 Å². The summed E-state index contributed by atoms with van der Waals surface area (Å²) in [5.41, 5.74) is 10.8. The lowest BCUT2D eigenvalue weighted by molar-refractivity contribution is 0.296. The molecule has 0 aliphatic rings. The van der Waals surface area contributed by atoms with Crippen LogP contribution in [0.5, 0.6) is 5.75 Å². The van der Waals surface area contributed by atoms with Crippen LogP contribution in [0.25, 0.3) is 5.69 Å². The molecule has 5 nitrogen and oxygen atoms in total. The molecule has 0 fully saturated rings. The van der Waals surface area contributed by atoms with Crippen molar-refractivity contribution in [3.63, 3.8) is 0 Å². The van der Waals surface area contributed by atoms with Crippen molar-refractivity contribution in [3.05, 3.63) is 71.0 Å². The maximum absolute atomic E-state index is 5.87. The van der Waals surface area contributed by atoms with Crippen LogP contribution in [0.4, 0.5) is 0 Å². The zero-order valence-corrected chi connectivity index (χ0v) is 13.4. The van der Waals surface area contributed by atoms with E-state index in [0.29, 0.717) is 13.2 Å². The van der Waals surface area contributed by atoms with Crippen LogP contribution in [0.15, 0.2) is 48.5 Å². The number of rotatable bonds is 5. The van der Waals surface area contributed by atoms with E-state index >= 15 is 0 Å². The van der Waals surface area contributed by atoms with Crippen molar-refractivity contribution in [1.29, 1.82) is 0 Å². The van der Waals surface area contributed by atoms with Gasteiger partial charge in [0.2, 0.25) is 0 Å². The lowest BCUT2D eigenvalue weighted by atomic mass is 10.1. The van der Waals surface area contributed by atoms with Gasteiger partial charge in [-0.3, -0.25) is 0 Å². The van der Waals surface area contributed by atoms with E-state index in [9.17, 15) is 0 Å². The Morgan fingerprint density at radius 1 is 1.04 bits per heavy atom. The van der Waals surface area contributed by atoms with Gasteiger partial charge in [-0.1, -0.05) is 35.5 Å². The van der Waals surface area contributed by atoms with E-state index in [0.717, 1.165) is 22.8 Å². The predicted molar refractivity (Wildman–Crippen MR) is 89.5 cm³/mol. The molecule has 23 heavy (non-hydrogen) atoms. The molecule has 0 spiro atoms. The molecule has 0 amide bonds. The van der Waals surface area contributed by atoms with Gasteiger partial charge in [0, 0.05) is 6.54 Å². The highest BCUT2D eigenvalue weighted by Gasteiger charge is 2.15. The van der Waals surface area contributed by atoms with Gasteiger partial charge in [0.05, 0.1) is 5.69 Å². The number of nitrogens with two attached hydrogens (primary N) is 1. The topological polar surface area (TPSA) is 66.0 Å². The number of aryl methyl sites for hydroxylation is 1. The quantitative estimate of drug-likeness (QED) is 0.787. The monoisotopic (exact) mass is 308 g/mol. The number of nitrogens with zero attached hydrogens (tertiary/aromatic N) is 3. The molecule has 0 radical (unpaired) electrons. The summed E-state index contributed by atoms with van der Waals surface area (Å²) in [6.45, 7) is 4.87. The zero-order valence-electron chi connectivity index (χ0n) is 13.4. The van der Waals surface area contributed by atoms with Crippen molar-refractivity contribution in [1.82, 2.24) is 15.0 Å². The average Bonchev–Trinajstić information content (AvgIpc) is 2.99. The smallest absolute Gasteiger partial charge is 0.132 e. The van der Waals surface area contributed by atoms with E-state index < -0.39 is 0 Å². The molecule has 3 rings (SSSR count). The Bertz CT molecular complexity index is 796. The van der Waals surface area contributed by atoms with E-state index in [-0.39, 0.29) is 0 Å². The highest BCUT2D eigenvalue weighted by atomic mass is 16.5. The van der Waals surface area contributed by atoms with E-state index in [1.54, 1.807) is 0 Å². The van der Waals surface area contributed by atoms with E-state index in [1.807, 2.05) is 47.1 Å². The van der Waals surface area contributed by atoms with Crippen LogP contribution >= 0.6 is 0 Å². The minimum absolute atomic E-state index is 0.332. The minimum Gasteiger partial charge on any atom is -0.487 e. The third-order valence-corrected chi connectivity index (χ3v) is 3.96. The van der Waals surface area contributed by atoms with Gasteiger partial charge in [0.1, 0.15) is 23.7 Å². The number of hydrogen-bond acceptors (Lipinski definition) is 4. The second-order valence-corrected chi connectivity index (χ2v) is 5.42. The van der Waals surface area contributed by atoms with Gasteiger partial charge in [0.15, 0.2) is 0 Å². The first-order chi connectivity index (χ1) is 11.2. The largest absolute Gasteiger partial charge is 0.487 e. The minimum atomic E-state index is 0.332. The Labute approximate surface area is 135 Å². The van der Waals surface area contributed by atoms with E-state index in [2.05, 4.69) is 30.2 Å². The van der Waals surface area contributed by atoms with Crippen LogP contribution < -0.4 is 10.5 Å². The highest BCUT2D eigenvalue weighted by Crippen LogP contribution is 2.21. The van der Waals surface area contributed by atoms with Gasteiger partial charge in [-0.25, -0.2) is 4.68 Å². The zero-order chi connectivity index (χ0) is 16.2. The molecule has 0 atom stereocenters. The molecule has 1 aromatic heterocycles. The van der Waals surface area contributed by atoms with E-state index in [1.165, 1.54) is 11.1 Å². The van der Waals surface area contributed by atoms with Gasteiger partial charge in [-0.05, 0) is 43.2 Å². The van der Waals surface area contributed by atoms with Gasteiger partial charge in [0.25, 0.3) is 0 Å². The molecule has 118 valence electrons. The molecule has 2 N–H and O–H groups in total. The maximum atomic E-state index is 5.87. The number of aromatic nitrogens is 3. The molecule has 0 unspecified atom stereocenters. The normalized spacial score (nSPS) is 10.7. The molecule has 0 aliphatic carbocycles. The molecule has 5 heteroatoms. The van der Waals surface area contributed by atoms with Gasteiger partial charge in [-0.2, -0.15) is 0 Å². The summed E-state index contributed by atoms with van der Waals surface area (Å²) in [6.07, 6.45) is 0. The van der Waals surface area contributed by atoms with Crippen molar-refractivity contribution < 1.29 is 4.74 Å². The third-order valence-electron chi connectivity index (χ3n) is 3.96. The highest BCUT2D eigenvalue weighted by molar-refractivity contribution is 5.45. The fraction of sp³-hybridized carbons (Fsp3) is 0.222. The molecule has 2 aromatic carbocycles. The Hall–Kier alpha value is -2.66. The van der Waals surface area contributed by atoms with Crippen molar-refractivity contribution in [2.75, 3.05) is 0 Å². The summed E-state index contributed by atoms with van der Waals surface area (Å²) in [4.78, 5) is 0. The predicted octanol–water partition coefficient (Wildman–Crippen LogP) is 2.92. The second-order valence-electron chi connectivity index (χ2n) is 5.42.